The third kappa shape index (κ3) is 2.40. The van der Waals surface area contributed by atoms with Gasteiger partial charge in [0.2, 0.25) is 0 Å². The highest BCUT2D eigenvalue weighted by atomic mass is 16.5. The summed E-state index contributed by atoms with van der Waals surface area (Å²) in [4.78, 5) is 19.9. The van der Waals surface area contributed by atoms with Crippen molar-refractivity contribution >= 4 is 11.8 Å². The van der Waals surface area contributed by atoms with Crippen LogP contribution in [0.25, 0.3) is 5.95 Å². The normalized spacial score (nSPS) is 10.4. The van der Waals surface area contributed by atoms with Crippen molar-refractivity contribution in [2.24, 2.45) is 0 Å². The maximum Gasteiger partial charge on any atom is 0.359 e. The zero-order valence-electron chi connectivity index (χ0n) is 10.8. The number of hydrogen-bond donors (Lipinski definition) is 1. The molecule has 0 bridgehead atoms. The molecule has 2 aromatic rings. The van der Waals surface area contributed by atoms with E-state index in [4.69, 9.17) is 10.5 Å². The van der Waals surface area contributed by atoms with Crippen LogP contribution in [0.5, 0.6) is 0 Å². The van der Waals surface area contributed by atoms with Crippen LogP contribution in [0, 0.1) is 0 Å². The van der Waals surface area contributed by atoms with Crippen LogP contribution in [0.3, 0.4) is 0 Å². The third-order valence-electron chi connectivity index (χ3n) is 2.59. The van der Waals surface area contributed by atoms with Crippen LogP contribution in [0.4, 0.5) is 5.82 Å². The molecule has 0 unspecified atom stereocenters. The number of carbonyl (C=O) groups excluding carboxylic acids is 1. The van der Waals surface area contributed by atoms with Crippen LogP contribution in [0.2, 0.25) is 0 Å². The molecule has 0 aliphatic rings. The number of carbonyl (C=O) groups is 1. The van der Waals surface area contributed by atoms with E-state index in [1.807, 2.05) is 6.92 Å². The zero-order valence-corrected chi connectivity index (χ0v) is 10.8. The van der Waals surface area contributed by atoms with Gasteiger partial charge in [-0.2, -0.15) is 9.78 Å². The average Bonchev–Trinajstić information content (AvgIpc) is 2.77. The number of anilines is 1. The molecule has 100 valence electrons. The largest absolute Gasteiger partial charge is 0.461 e. The summed E-state index contributed by atoms with van der Waals surface area (Å²) < 4.78 is 6.32. The van der Waals surface area contributed by atoms with E-state index in [2.05, 4.69) is 15.1 Å². The number of nitrogens with zero attached hydrogens (tertiary/aromatic N) is 4. The number of nitrogen functional groups attached to an aromatic ring is 1. The molecule has 0 saturated heterocycles. The summed E-state index contributed by atoms with van der Waals surface area (Å²) in [6.45, 7) is 3.92. The number of esters is 1. The van der Waals surface area contributed by atoms with Gasteiger partial charge in [0.15, 0.2) is 5.69 Å². The zero-order chi connectivity index (χ0) is 13.8. The van der Waals surface area contributed by atoms with Crippen LogP contribution in [0.1, 0.15) is 29.9 Å². The Kier molecular flexibility index (Phi) is 3.74. The lowest BCUT2D eigenvalue weighted by molar-refractivity contribution is 0.0517. The minimum absolute atomic E-state index is 0.217. The smallest absolute Gasteiger partial charge is 0.359 e. The highest BCUT2D eigenvalue weighted by Crippen LogP contribution is 2.20. The van der Waals surface area contributed by atoms with E-state index < -0.39 is 5.97 Å². The second kappa shape index (κ2) is 5.47. The van der Waals surface area contributed by atoms with E-state index in [0.29, 0.717) is 23.8 Å². The fraction of sp³-hybridized carbons (Fsp3) is 0.333. The average molecular weight is 261 g/mol. The minimum atomic E-state index is -0.485. The van der Waals surface area contributed by atoms with E-state index >= 15 is 0 Å². The number of ether oxygens (including phenoxy) is 1. The van der Waals surface area contributed by atoms with Crippen molar-refractivity contribution in [3.05, 3.63) is 29.7 Å². The van der Waals surface area contributed by atoms with Crippen molar-refractivity contribution in [3.8, 4) is 5.95 Å². The highest BCUT2D eigenvalue weighted by molar-refractivity contribution is 5.90. The molecule has 0 fully saturated rings. The lowest BCUT2D eigenvalue weighted by Gasteiger charge is -2.01. The predicted molar refractivity (Wildman–Crippen MR) is 68.9 cm³/mol. The summed E-state index contributed by atoms with van der Waals surface area (Å²) >= 11 is 0. The number of rotatable bonds is 4. The molecule has 0 amide bonds. The quantitative estimate of drug-likeness (QED) is 0.824. The van der Waals surface area contributed by atoms with Crippen molar-refractivity contribution < 1.29 is 9.53 Å². The van der Waals surface area contributed by atoms with Gasteiger partial charge in [0.05, 0.1) is 6.61 Å². The Balaban J connectivity index is 2.50. The first-order valence-corrected chi connectivity index (χ1v) is 6.00. The van der Waals surface area contributed by atoms with Crippen molar-refractivity contribution in [2.45, 2.75) is 20.3 Å². The molecule has 0 aliphatic carbocycles. The molecular weight excluding hydrogens is 246 g/mol. The molecule has 0 aliphatic heterocycles. The standard InChI is InChI=1S/C12H15N5O2/c1-3-8-9(11(18)19-4-2)16-17(10(8)13)12-14-6-5-7-15-12/h5-7H,3-4,13H2,1-2H3. The van der Waals surface area contributed by atoms with Crippen molar-refractivity contribution in [2.75, 3.05) is 12.3 Å². The van der Waals surface area contributed by atoms with E-state index in [9.17, 15) is 4.79 Å². The summed E-state index contributed by atoms with van der Waals surface area (Å²) in [5.41, 5.74) is 6.85. The molecule has 7 nitrogen and oxygen atoms in total. The number of nitrogens with two attached hydrogens (primary N) is 1. The Bertz CT molecular complexity index is 579. The van der Waals surface area contributed by atoms with Gasteiger partial charge in [-0.3, -0.25) is 0 Å². The maximum absolute atomic E-state index is 11.8. The predicted octanol–water partition coefficient (Wildman–Crippen LogP) is 0.984. The van der Waals surface area contributed by atoms with Crippen LogP contribution < -0.4 is 5.73 Å². The number of hydrogen-bond acceptors (Lipinski definition) is 6. The van der Waals surface area contributed by atoms with Gasteiger partial charge < -0.3 is 10.5 Å². The third-order valence-corrected chi connectivity index (χ3v) is 2.59. The summed E-state index contributed by atoms with van der Waals surface area (Å²) in [5.74, 6) is 0.197. The van der Waals surface area contributed by atoms with E-state index in [0.717, 1.165) is 0 Å². The lowest BCUT2D eigenvalue weighted by atomic mass is 10.2. The molecule has 0 aromatic carbocycles. The van der Waals surface area contributed by atoms with Gasteiger partial charge >= 0.3 is 5.97 Å². The van der Waals surface area contributed by atoms with Crippen LogP contribution >= 0.6 is 0 Å². The fourth-order valence-corrected chi connectivity index (χ4v) is 1.73. The van der Waals surface area contributed by atoms with Crippen LogP contribution in [0.15, 0.2) is 18.5 Å². The molecule has 2 rings (SSSR count). The van der Waals surface area contributed by atoms with E-state index in [1.54, 1.807) is 25.4 Å². The van der Waals surface area contributed by atoms with Crippen LogP contribution in [-0.4, -0.2) is 32.3 Å². The topological polar surface area (TPSA) is 95.9 Å². The molecule has 2 heterocycles. The maximum atomic E-state index is 11.8. The van der Waals surface area contributed by atoms with Crippen molar-refractivity contribution in [3.63, 3.8) is 0 Å². The van der Waals surface area contributed by atoms with Crippen LogP contribution in [-0.2, 0) is 11.2 Å². The molecule has 2 aromatic heterocycles. The second-order valence-electron chi connectivity index (χ2n) is 3.75. The summed E-state index contributed by atoms with van der Waals surface area (Å²) in [6.07, 6.45) is 3.74. The molecule has 19 heavy (non-hydrogen) atoms. The molecule has 0 saturated carbocycles. The summed E-state index contributed by atoms with van der Waals surface area (Å²) in [7, 11) is 0. The Morgan fingerprint density at radius 2 is 2.05 bits per heavy atom. The first-order chi connectivity index (χ1) is 9.19. The Labute approximate surface area is 110 Å². The lowest BCUT2D eigenvalue weighted by Crippen LogP contribution is -2.09. The Hall–Kier alpha value is -2.44. The van der Waals surface area contributed by atoms with Gasteiger partial charge in [0, 0.05) is 18.0 Å². The Morgan fingerprint density at radius 1 is 1.37 bits per heavy atom. The molecule has 0 atom stereocenters. The van der Waals surface area contributed by atoms with Gasteiger partial charge in [-0.25, -0.2) is 14.8 Å². The van der Waals surface area contributed by atoms with E-state index in [-0.39, 0.29) is 12.3 Å². The van der Waals surface area contributed by atoms with Gasteiger partial charge in [0.1, 0.15) is 5.82 Å². The van der Waals surface area contributed by atoms with Crippen molar-refractivity contribution in [1.29, 1.82) is 0 Å². The van der Waals surface area contributed by atoms with Gasteiger partial charge in [-0.15, -0.1) is 0 Å². The fourth-order valence-electron chi connectivity index (χ4n) is 1.73. The summed E-state index contributed by atoms with van der Waals surface area (Å²) in [6, 6.07) is 1.69. The SMILES string of the molecule is CCOC(=O)c1nn(-c2ncccn2)c(N)c1CC. The second-order valence-corrected chi connectivity index (χ2v) is 3.75. The van der Waals surface area contributed by atoms with Crippen molar-refractivity contribution in [1.82, 2.24) is 19.7 Å². The van der Waals surface area contributed by atoms with Gasteiger partial charge in [-0.1, -0.05) is 6.92 Å². The molecule has 7 heteroatoms. The number of aromatic nitrogens is 4. The van der Waals surface area contributed by atoms with Gasteiger partial charge in [0.25, 0.3) is 5.95 Å². The first-order valence-electron chi connectivity index (χ1n) is 6.00. The van der Waals surface area contributed by atoms with Gasteiger partial charge in [-0.05, 0) is 19.4 Å². The minimum Gasteiger partial charge on any atom is -0.461 e. The van der Waals surface area contributed by atoms with E-state index in [1.165, 1.54) is 4.68 Å². The molecular formula is C12H15N5O2. The summed E-state index contributed by atoms with van der Waals surface area (Å²) in [5, 5.41) is 4.16. The molecule has 0 radical (unpaired) electrons. The first kappa shape index (κ1) is 13.0. The molecule has 2 N–H and O–H groups in total. The monoisotopic (exact) mass is 261 g/mol. The Morgan fingerprint density at radius 3 is 2.63 bits per heavy atom. The highest BCUT2D eigenvalue weighted by Gasteiger charge is 2.22. The molecule has 0 spiro atoms.